The van der Waals surface area contributed by atoms with Crippen molar-refractivity contribution in [3.05, 3.63) is 65.2 Å². The fraction of sp³-hybridized carbons (Fsp3) is 0.211. The number of aryl methyl sites for hydroxylation is 1. The molecule has 8 nitrogen and oxygen atoms in total. The zero-order valence-electron chi connectivity index (χ0n) is 14.6. The predicted molar refractivity (Wildman–Crippen MR) is 97.4 cm³/mol. The third-order valence-electron chi connectivity index (χ3n) is 3.72. The van der Waals surface area contributed by atoms with Crippen molar-refractivity contribution < 1.29 is 29.3 Å². The van der Waals surface area contributed by atoms with Crippen LogP contribution in [-0.4, -0.2) is 40.8 Å². The Morgan fingerprint density at radius 1 is 1.11 bits per heavy atom. The van der Waals surface area contributed by atoms with E-state index in [1.54, 1.807) is 6.92 Å². The lowest BCUT2D eigenvalue weighted by molar-refractivity contribution is -0.140. The van der Waals surface area contributed by atoms with Crippen LogP contribution < -0.4 is 10.6 Å². The van der Waals surface area contributed by atoms with E-state index >= 15 is 0 Å². The summed E-state index contributed by atoms with van der Waals surface area (Å²) in [6.45, 7) is 1.10. The molecule has 0 saturated carbocycles. The molecule has 0 spiro atoms. The molecule has 0 saturated heterocycles. The highest BCUT2D eigenvalue weighted by Crippen LogP contribution is 2.17. The standard InChI is InChI=1S/C19H20N2O6/c1-12-9-14(17(23)20-16(10-22)18(24)25)7-8-15(12)21-19(26)27-11-13-5-3-2-4-6-13/h2-9,16,22H,10-11H2,1H3,(H,20,23)(H,21,26)(H,24,25)/t16-/m0/s1. The van der Waals surface area contributed by atoms with E-state index in [0.717, 1.165) is 5.56 Å². The summed E-state index contributed by atoms with van der Waals surface area (Å²) < 4.78 is 5.14. The number of benzene rings is 2. The van der Waals surface area contributed by atoms with Crippen LogP contribution in [0.3, 0.4) is 0 Å². The maximum absolute atomic E-state index is 12.1. The molecular formula is C19H20N2O6. The second kappa shape index (κ2) is 9.35. The summed E-state index contributed by atoms with van der Waals surface area (Å²) in [6, 6.07) is 12.3. The summed E-state index contributed by atoms with van der Waals surface area (Å²) in [5.74, 6) is -1.97. The number of rotatable bonds is 7. The number of hydrogen-bond donors (Lipinski definition) is 4. The minimum Gasteiger partial charge on any atom is -0.480 e. The lowest BCUT2D eigenvalue weighted by Crippen LogP contribution is -2.43. The van der Waals surface area contributed by atoms with Gasteiger partial charge < -0.3 is 20.3 Å². The number of anilines is 1. The van der Waals surface area contributed by atoms with E-state index in [1.165, 1.54) is 18.2 Å². The van der Waals surface area contributed by atoms with Gasteiger partial charge in [-0.3, -0.25) is 10.1 Å². The van der Waals surface area contributed by atoms with Crippen molar-refractivity contribution in [2.75, 3.05) is 11.9 Å². The number of carboxylic acids is 1. The molecule has 0 aliphatic rings. The van der Waals surface area contributed by atoms with Gasteiger partial charge in [-0.15, -0.1) is 0 Å². The fourth-order valence-electron chi connectivity index (χ4n) is 2.24. The summed E-state index contributed by atoms with van der Waals surface area (Å²) in [7, 11) is 0. The van der Waals surface area contributed by atoms with E-state index in [9.17, 15) is 14.4 Å². The lowest BCUT2D eigenvalue weighted by Gasteiger charge is -2.13. The maximum atomic E-state index is 12.1. The smallest absolute Gasteiger partial charge is 0.411 e. The zero-order chi connectivity index (χ0) is 19.8. The topological polar surface area (TPSA) is 125 Å². The van der Waals surface area contributed by atoms with Crippen LogP contribution in [0.5, 0.6) is 0 Å². The Balaban J connectivity index is 1.96. The van der Waals surface area contributed by atoms with Gasteiger partial charge >= 0.3 is 12.1 Å². The highest BCUT2D eigenvalue weighted by Gasteiger charge is 2.20. The van der Waals surface area contributed by atoms with E-state index < -0.39 is 30.6 Å². The number of ether oxygens (including phenoxy) is 1. The number of aliphatic hydroxyl groups is 1. The normalized spacial score (nSPS) is 11.3. The number of carboxylic acid groups (broad SMARTS) is 1. The van der Waals surface area contributed by atoms with Gasteiger partial charge in [-0.05, 0) is 36.2 Å². The largest absolute Gasteiger partial charge is 0.480 e. The van der Waals surface area contributed by atoms with Crippen molar-refractivity contribution >= 4 is 23.7 Å². The number of amides is 2. The molecular weight excluding hydrogens is 352 g/mol. The van der Waals surface area contributed by atoms with Gasteiger partial charge in [0.1, 0.15) is 6.61 Å². The second-order valence-electron chi connectivity index (χ2n) is 5.76. The maximum Gasteiger partial charge on any atom is 0.411 e. The Morgan fingerprint density at radius 2 is 1.81 bits per heavy atom. The van der Waals surface area contributed by atoms with E-state index in [4.69, 9.17) is 14.9 Å². The van der Waals surface area contributed by atoms with Crippen molar-refractivity contribution in [3.63, 3.8) is 0 Å². The van der Waals surface area contributed by atoms with Crippen LogP contribution in [0.25, 0.3) is 0 Å². The van der Waals surface area contributed by atoms with E-state index in [-0.39, 0.29) is 12.2 Å². The number of aliphatic hydroxyl groups excluding tert-OH is 1. The van der Waals surface area contributed by atoms with Crippen molar-refractivity contribution in [2.45, 2.75) is 19.6 Å². The Bertz CT molecular complexity index is 822. The molecule has 0 fully saturated rings. The van der Waals surface area contributed by atoms with Gasteiger partial charge in [0.25, 0.3) is 5.91 Å². The van der Waals surface area contributed by atoms with Crippen LogP contribution >= 0.6 is 0 Å². The quantitative estimate of drug-likeness (QED) is 0.588. The molecule has 4 N–H and O–H groups in total. The number of aliphatic carboxylic acids is 1. The van der Waals surface area contributed by atoms with Gasteiger partial charge in [0.05, 0.1) is 6.61 Å². The van der Waals surface area contributed by atoms with Crippen LogP contribution in [0.1, 0.15) is 21.5 Å². The molecule has 0 aliphatic carbocycles. The summed E-state index contributed by atoms with van der Waals surface area (Å²) in [6.07, 6.45) is -0.634. The van der Waals surface area contributed by atoms with Crippen LogP contribution in [0.2, 0.25) is 0 Å². The van der Waals surface area contributed by atoms with E-state index in [1.807, 2.05) is 30.3 Å². The number of nitrogens with one attached hydrogen (secondary N) is 2. The monoisotopic (exact) mass is 372 g/mol. The first-order valence-corrected chi connectivity index (χ1v) is 8.13. The molecule has 8 heteroatoms. The molecule has 2 rings (SSSR count). The lowest BCUT2D eigenvalue weighted by atomic mass is 10.1. The summed E-state index contributed by atoms with van der Waals surface area (Å²) in [5.41, 5.74) is 2.11. The van der Waals surface area contributed by atoms with Gasteiger partial charge in [0, 0.05) is 11.3 Å². The first kappa shape index (κ1) is 19.9. The van der Waals surface area contributed by atoms with Crippen molar-refractivity contribution in [2.24, 2.45) is 0 Å². The fourth-order valence-corrected chi connectivity index (χ4v) is 2.24. The van der Waals surface area contributed by atoms with Crippen molar-refractivity contribution in [1.82, 2.24) is 5.32 Å². The summed E-state index contributed by atoms with van der Waals surface area (Å²) >= 11 is 0. The molecule has 2 aromatic carbocycles. The Morgan fingerprint density at radius 3 is 2.41 bits per heavy atom. The van der Waals surface area contributed by atoms with Gasteiger partial charge in [0.2, 0.25) is 0 Å². The van der Waals surface area contributed by atoms with Crippen molar-refractivity contribution in [3.8, 4) is 0 Å². The minimum absolute atomic E-state index is 0.129. The molecule has 1 atom stereocenters. The number of carbonyl (C=O) groups is 3. The molecule has 0 heterocycles. The molecule has 0 aliphatic heterocycles. The first-order valence-electron chi connectivity index (χ1n) is 8.13. The van der Waals surface area contributed by atoms with Crippen LogP contribution in [0, 0.1) is 6.92 Å². The molecule has 2 amide bonds. The molecule has 27 heavy (non-hydrogen) atoms. The average molecular weight is 372 g/mol. The van der Waals surface area contributed by atoms with E-state index in [0.29, 0.717) is 11.3 Å². The average Bonchev–Trinajstić information content (AvgIpc) is 2.66. The van der Waals surface area contributed by atoms with Gasteiger partial charge in [-0.1, -0.05) is 30.3 Å². The Kier molecular flexibility index (Phi) is 6.90. The third-order valence-corrected chi connectivity index (χ3v) is 3.72. The number of carbonyl (C=O) groups excluding carboxylic acids is 2. The highest BCUT2D eigenvalue weighted by atomic mass is 16.5. The summed E-state index contributed by atoms with van der Waals surface area (Å²) in [5, 5.41) is 22.6. The van der Waals surface area contributed by atoms with E-state index in [2.05, 4.69) is 10.6 Å². The van der Waals surface area contributed by atoms with Gasteiger partial charge in [0.15, 0.2) is 6.04 Å². The molecule has 0 bridgehead atoms. The third kappa shape index (κ3) is 5.82. The van der Waals surface area contributed by atoms with Gasteiger partial charge in [-0.25, -0.2) is 9.59 Å². The van der Waals surface area contributed by atoms with Crippen LogP contribution in [-0.2, 0) is 16.1 Å². The predicted octanol–water partition coefficient (Wildman–Crippen LogP) is 1.92. The second-order valence-corrected chi connectivity index (χ2v) is 5.76. The van der Waals surface area contributed by atoms with Gasteiger partial charge in [-0.2, -0.15) is 0 Å². The molecule has 0 aromatic heterocycles. The Hall–Kier alpha value is -3.39. The summed E-state index contributed by atoms with van der Waals surface area (Å²) in [4.78, 5) is 34.8. The Labute approximate surface area is 155 Å². The SMILES string of the molecule is Cc1cc(C(=O)N[C@@H](CO)C(=O)O)ccc1NC(=O)OCc1ccccc1. The first-order chi connectivity index (χ1) is 12.9. The number of hydrogen-bond acceptors (Lipinski definition) is 5. The van der Waals surface area contributed by atoms with Crippen LogP contribution in [0.4, 0.5) is 10.5 Å². The molecule has 0 radical (unpaired) electrons. The minimum atomic E-state index is -1.39. The zero-order valence-corrected chi connectivity index (χ0v) is 14.6. The van der Waals surface area contributed by atoms with Crippen molar-refractivity contribution in [1.29, 1.82) is 0 Å². The van der Waals surface area contributed by atoms with Crippen LogP contribution in [0.15, 0.2) is 48.5 Å². The molecule has 142 valence electrons. The molecule has 0 unspecified atom stereocenters. The molecule has 2 aromatic rings. The highest BCUT2D eigenvalue weighted by molar-refractivity contribution is 5.97.